The minimum absolute atomic E-state index is 0.0343. The van der Waals surface area contributed by atoms with Crippen molar-refractivity contribution in [2.75, 3.05) is 13.1 Å². The lowest BCUT2D eigenvalue weighted by molar-refractivity contribution is 0.0952. The zero-order valence-electron chi connectivity index (χ0n) is 15.1. The fourth-order valence-corrected chi connectivity index (χ4v) is 4.31. The number of rotatable bonds is 9. The molecule has 0 atom stereocenters. The van der Waals surface area contributed by atoms with E-state index in [1.807, 2.05) is 24.6 Å². The maximum atomic E-state index is 12.5. The highest BCUT2D eigenvalue weighted by Crippen LogP contribution is 2.28. The van der Waals surface area contributed by atoms with Crippen LogP contribution in [0.4, 0.5) is 0 Å². The Balaban J connectivity index is 2.08. The second-order valence-corrected chi connectivity index (χ2v) is 8.97. The van der Waals surface area contributed by atoms with E-state index in [-0.39, 0.29) is 33.0 Å². The van der Waals surface area contributed by atoms with Crippen LogP contribution in [0.1, 0.15) is 30.6 Å². The minimum Gasteiger partial charge on any atom is -0.352 e. The summed E-state index contributed by atoms with van der Waals surface area (Å²) in [6.45, 7) is 5.14. The molecule has 1 aromatic carbocycles. The molecule has 0 aliphatic heterocycles. The maximum absolute atomic E-state index is 12.5. The van der Waals surface area contributed by atoms with Crippen molar-refractivity contribution in [3.63, 3.8) is 0 Å². The van der Waals surface area contributed by atoms with Crippen LogP contribution in [0, 0.1) is 5.92 Å². The Kier molecular flexibility index (Phi) is 7.67. The quantitative estimate of drug-likeness (QED) is 0.595. The zero-order chi connectivity index (χ0) is 20.0. The van der Waals surface area contributed by atoms with Gasteiger partial charge < -0.3 is 9.88 Å². The Bertz CT molecular complexity index is 884. The third-order valence-corrected chi connectivity index (χ3v) is 5.88. The van der Waals surface area contributed by atoms with Gasteiger partial charge in [-0.3, -0.25) is 4.79 Å². The number of imidazole rings is 1. The normalized spacial score (nSPS) is 11.7. The number of nitrogens with zero attached hydrogens (tertiary/aromatic N) is 2. The smallest absolute Gasteiger partial charge is 0.252 e. The summed E-state index contributed by atoms with van der Waals surface area (Å²) in [4.78, 5) is 16.2. The Hall–Kier alpha value is -1.61. The standard InChI is InChI=1S/C17H22Cl2N4O3S/c1-12(2)10-22-27(25,26)16-8-13(14(18)9-15(16)19)17(24)21-4-3-6-23-7-5-20-11-23/h5,7-9,11-12,22H,3-4,6,10H2,1-2H3,(H,21,24). The van der Waals surface area contributed by atoms with Gasteiger partial charge in [-0.1, -0.05) is 37.0 Å². The molecule has 0 bridgehead atoms. The summed E-state index contributed by atoms with van der Waals surface area (Å²) in [5, 5.41) is 2.79. The van der Waals surface area contributed by atoms with Crippen LogP contribution in [0.2, 0.25) is 10.0 Å². The molecule has 0 unspecified atom stereocenters. The molecule has 148 valence electrons. The van der Waals surface area contributed by atoms with Gasteiger partial charge in [-0.25, -0.2) is 18.1 Å². The molecule has 0 aliphatic carbocycles. The molecule has 0 spiro atoms. The van der Waals surface area contributed by atoms with Crippen molar-refractivity contribution in [2.45, 2.75) is 31.7 Å². The molecule has 0 fully saturated rings. The first-order chi connectivity index (χ1) is 12.7. The van der Waals surface area contributed by atoms with Crippen molar-refractivity contribution >= 4 is 39.1 Å². The molecule has 0 saturated heterocycles. The van der Waals surface area contributed by atoms with E-state index in [4.69, 9.17) is 23.2 Å². The van der Waals surface area contributed by atoms with Crippen LogP contribution in [-0.4, -0.2) is 37.0 Å². The van der Waals surface area contributed by atoms with Gasteiger partial charge in [0.15, 0.2) is 0 Å². The number of halogens is 2. The summed E-state index contributed by atoms with van der Waals surface area (Å²) >= 11 is 12.1. The molecule has 1 heterocycles. The highest BCUT2D eigenvalue weighted by atomic mass is 35.5. The van der Waals surface area contributed by atoms with Gasteiger partial charge in [0.25, 0.3) is 5.91 Å². The lowest BCUT2D eigenvalue weighted by atomic mass is 10.2. The molecular formula is C17H22Cl2N4O3S. The van der Waals surface area contributed by atoms with E-state index < -0.39 is 15.9 Å². The fraction of sp³-hybridized carbons (Fsp3) is 0.412. The maximum Gasteiger partial charge on any atom is 0.252 e. The van der Waals surface area contributed by atoms with E-state index in [1.165, 1.54) is 12.1 Å². The summed E-state index contributed by atoms with van der Waals surface area (Å²) in [6, 6.07) is 2.48. The number of benzene rings is 1. The molecule has 2 rings (SSSR count). The van der Waals surface area contributed by atoms with E-state index in [0.717, 1.165) is 0 Å². The third-order valence-electron chi connectivity index (χ3n) is 3.68. The van der Waals surface area contributed by atoms with Crippen molar-refractivity contribution in [2.24, 2.45) is 5.92 Å². The number of aryl methyl sites for hydroxylation is 1. The second-order valence-electron chi connectivity index (χ2n) is 6.42. The van der Waals surface area contributed by atoms with Gasteiger partial charge in [-0.15, -0.1) is 0 Å². The van der Waals surface area contributed by atoms with Crippen LogP contribution in [0.5, 0.6) is 0 Å². The van der Waals surface area contributed by atoms with Gasteiger partial charge in [-0.2, -0.15) is 0 Å². The van der Waals surface area contributed by atoms with Crippen LogP contribution < -0.4 is 10.0 Å². The van der Waals surface area contributed by atoms with Gasteiger partial charge in [-0.05, 0) is 24.5 Å². The third kappa shape index (κ3) is 6.21. The number of aromatic nitrogens is 2. The van der Waals surface area contributed by atoms with Crippen LogP contribution in [0.15, 0.2) is 35.7 Å². The van der Waals surface area contributed by atoms with E-state index in [2.05, 4.69) is 15.0 Å². The molecule has 10 heteroatoms. The highest BCUT2D eigenvalue weighted by Gasteiger charge is 2.22. The number of carbonyl (C=O) groups is 1. The number of carbonyl (C=O) groups excluding carboxylic acids is 1. The number of nitrogens with one attached hydrogen (secondary N) is 2. The number of amides is 1. The molecule has 2 aromatic rings. The zero-order valence-corrected chi connectivity index (χ0v) is 17.4. The topological polar surface area (TPSA) is 93.1 Å². The molecule has 1 amide bonds. The SMILES string of the molecule is CC(C)CNS(=O)(=O)c1cc(C(=O)NCCCn2ccnc2)c(Cl)cc1Cl. The van der Waals surface area contributed by atoms with E-state index in [1.54, 1.807) is 12.5 Å². The average molecular weight is 433 g/mol. The summed E-state index contributed by atoms with van der Waals surface area (Å²) in [7, 11) is -3.84. The lowest BCUT2D eigenvalue weighted by Gasteiger charge is -2.13. The van der Waals surface area contributed by atoms with Gasteiger partial charge >= 0.3 is 0 Å². The van der Waals surface area contributed by atoms with E-state index >= 15 is 0 Å². The predicted molar refractivity (Wildman–Crippen MR) is 106 cm³/mol. The molecule has 7 nitrogen and oxygen atoms in total. The average Bonchev–Trinajstić information content (AvgIpc) is 3.10. The largest absolute Gasteiger partial charge is 0.352 e. The first-order valence-corrected chi connectivity index (χ1v) is 10.7. The van der Waals surface area contributed by atoms with E-state index in [0.29, 0.717) is 19.5 Å². The Morgan fingerprint density at radius 1 is 1.26 bits per heavy atom. The summed E-state index contributed by atoms with van der Waals surface area (Å²) < 4.78 is 29.3. The lowest BCUT2D eigenvalue weighted by Crippen LogP contribution is -2.29. The molecule has 1 aromatic heterocycles. The van der Waals surface area contributed by atoms with Crippen LogP contribution in [0.25, 0.3) is 0 Å². The molecule has 2 N–H and O–H groups in total. The van der Waals surface area contributed by atoms with Crippen molar-refractivity contribution in [3.05, 3.63) is 46.5 Å². The van der Waals surface area contributed by atoms with Crippen LogP contribution in [-0.2, 0) is 16.6 Å². The van der Waals surface area contributed by atoms with Gasteiger partial charge in [0.05, 0.1) is 21.9 Å². The van der Waals surface area contributed by atoms with Crippen molar-refractivity contribution in [3.8, 4) is 0 Å². The fourth-order valence-electron chi connectivity index (χ4n) is 2.24. The second kappa shape index (κ2) is 9.54. The Labute approximate surface area is 169 Å². The summed E-state index contributed by atoms with van der Waals surface area (Å²) in [5.41, 5.74) is 0.0635. The number of hydrogen-bond donors (Lipinski definition) is 2. The van der Waals surface area contributed by atoms with Crippen molar-refractivity contribution < 1.29 is 13.2 Å². The van der Waals surface area contributed by atoms with Gasteiger partial charge in [0.2, 0.25) is 10.0 Å². The first-order valence-electron chi connectivity index (χ1n) is 8.43. The van der Waals surface area contributed by atoms with Crippen molar-refractivity contribution in [1.82, 2.24) is 19.6 Å². The molecule has 0 saturated carbocycles. The highest BCUT2D eigenvalue weighted by molar-refractivity contribution is 7.89. The minimum atomic E-state index is -3.84. The predicted octanol–water partition coefficient (Wildman–Crippen LogP) is 2.94. The number of hydrogen-bond acceptors (Lipinski definition) is 4. The Morgan fingerprint density at radius 3 is 2.63 bits per heavy atom. The van der Waals surface area contributed by atoms with Crippen LogP contribution in [0.3, 0.4) is 0 Å². The summed E-state index contributed by atoms with van der Waals surface area (Å²) in [5.74, 6) is -0.327. The Morgan fingerprint density at radius 2 is 2.00 bits per heavy atom. The van der Waals surface area contributed by atoms with Gasteiger partial charge in [0.1, 0.15) is 4.90 Å². The number of sulfonamides is 1. The summed E-state index contributed by atoms with van der Waals surface area (Å²) in [6.07, 6.45) is 5.90. The first kappa shape index (κ1) is 21.7. The molecule has 0 aliphatic rings. The molecule has 27 heavy (non-hydrogen) atoms. The molecule has 0 radical (unpaired) electrons. The molecular weight excluding hydrogens is 411 g/mol. The van der Waals surface area contributed by atoms with Crippen LogP contribution >= 0.6 is 23.2 Å². The van der Waals surface area contributed by atoms with Gasteiger partial charge in [0, 0.05) is 32.0 Å². The van der Waals surface area contributed by atoms with Crippen molar-refractivity contribution in [1.29, 1.82) is 0 Å². The van der Waals surface area contributed by atoms with E-state index in [9.17, 15) is 13.2 Å². The monoisotopic (exact) mass is 432 g/mol.